The molecule has 0 saturated carbocycles. The number of para-hydroxylation sites is 1. The van der Waals surface area contributed by atoms with Crippen molar-refractivity contribution in [2.45, 2.75) is 26.0 Å². The van der Waals surface area contributed by atoms with Gasteiger partial charge in [-0.25, -0.2) is 0 Å². The van der Waals surface area contributed by atoms with E-state index in [0.717, 1.165) is 16.6 Å². The molecule has 2 N–H and O–H groups in total. The smallest absolute Gasteiger partial charge is 0.290 e. The van der Waals surface area contributed by atoms with E-state index in [4.69, 9.17) is 4.42 Å². The fraction of sp³-hybridized carbons (Fsp3) is 0.294. The van der Waals surface area contributed by atoms with Gasteiger partial charge in [-0.2, -0.15) is 5.10 Å². The van der Waals surface area contributed by atoms with Gasteiger partial charge in [0.15, 0.2) is 5.76 Å². The second kappa shape index (κ2) is 5.24. The number of fused-ring (bicyclic) bond motifs is 2. The molecule has 0 spiro atoms. The first-order chi connectivity index (χ1) is 11.2. The largest absolute Gasteiger partial charge is 0.451 e. The minimum atomic E-state index is -0.224. The van der Waals surface area contributed by atoms with Gasteiger partial charge in [0.25, 0.3) is 5.91 Å². The van der Waals surface area contributed by atoms with E-state index in [9.17, 15) is 9.90 Å². The summed E-state index contributed by atoms with van der Waals surface area (Å²) in [6.45, 7) is 2.92. The van der Waals surface area contributed by atoms with E-state index >= 15 is 0 Å². The fourth-order valence-corrected chi connectivity index (χ4v) is 3.29. The lowest BCUT2D eigenvalue weighted by atomic mass is 9.98. The maximum absolute atomic E-state index is 12.9. The molecule has 0 fully saturated rings. The number of carbonyl (C=O) groups excluding carboxylic acids is 1. The predicted octanol–water partition coefficient (Wildman–Crippen LogP) is 2.41. The Kier molecular flexibility index (Phi) is 3.20. The molecule has 0 aliphatic carbocycles. The Morgan fingerprint density at radius 3 is 3.13 bits per heavy atom. The highest BCUT2D eigenvalue weighted by molar-refractivity contribution is 5.99. The Bertz CT molecular complexity index is 880. The van der Waals surface area contributed by atoms with Crippen LogP contribution in [0.15, 0.2) is 34.9 Å². The number of nitrogens with zero attached hydrogens (tertiary/aromatic N) is 2. The van der Waals surface area contributed by atoms with Crippen LogP contribution in [0.25, 0.3) is 11.0 Å². The number of hydrogen-bond acceptors (Lipinski definition) is 4. The summed E-state index contributed by atoms with van der Waals surface area (Å²) in [5, 5.41) is 17.5. The van der Waals surface area contributed by atoms with Crippen molar-refractivity contribution >= 4 is 16.9 Å². The number of carbonyl (C=O) groups is 1. The highest BCUT2D eigenvalue weighted by Gasteiger charge is 2.31. The SMILES string of the molecule is CC1CN(C(=O)c2oc3ccccc3c2CO)Cc2cn[nH]c21. The third-order valence-electron chi connectivity index (χ3n) is 4.44. The van der Waals surface area contributed by atoms with Crippen LogP contribution in [0.5, 0.6) is 0 Å². The summed E-state index contributed by atoms with van der Waals surface area (Å²) >= 11 is 0. The van der Waals surface area contributed by atoms with Gasteiger partial charge in [0.1, 0.15) is 5.58 Å². The molecule has 2 aromatic heterocycles. The van der Waals surface area contributed by atoms with Crippen LogP contribution >= 0.6 is 0 Å². The van der Waals surface area contributed by atoms with Crippen molar-refractivity contribution in [2.24, 2.45) is 0 Å². The van der Waals surface area contributed by atoms with E-state index in [-0.39, 0.29) is 24.2 Å². The monoisotopic (exact) mass is 311 g/mol. The van der Waals surface area contributed by atoms with Crippen molar-refractivity contribution in [3.8, 4) is 0 Å². The zero-order chi connectivity index (χ0) is 16.0. The van der Waals surface area contributed by atoms with E-state index in [0.29, 0.717) is 24.2 Å². The number of hydrogen-bond donors (Lipinski definition) is 2. The van der Waals surface area contributed by atoms with Crippen molar-refractivity contribution in [2.75, 3.05) is 6.54 Å². The molecule has 1 unspecified atom stereocenters. The maximum Gasteiger partial charge on any atom is 0.290 e. The molecular formula is C17H17N3O3. The zero-order valence-corrected chi connectivity index (χ0v) is 12.7. The molecule has 0 bridgehead atoms. The number of benzene rings is 1. The molecule has 1 amide bonds. The average Bonchev–Trinajstić information content (AvgIpc) is 3.18. The van der Waals surface area contributed by atoms with Crippen LogP contribution in [0, 0.1) is 0 Å². The minimum absolute atomic E-state index is 0.187. The number of aromatic amines is 1. The first kappa shape index (κ1) is 14.0. The van der Waals surface area contributed by atoms with Gasteiger partial charge in [0, 0.05) is 41.2 Å². The topological polar surface area (TPSA) is 82.4 Å². The number of amides is 1. The molecule has 3 aromatic rings. The van der Waals surface area contributed by atoms with Gasteiger partial charge >= 0.3 is 0 Å². The van der Waals surface area contributed by atoms with Crippen molar-refractivity contribution in [3.05, 3.63) is 53.0 Å². The normalized spacial score (nSPS) is 17.5. The lowest BCUT2D eigenvalue weighted by Gasteiger charge is -2.30. The van der Waals surface area contributed by atoms with Gasteiger partial charge in [0.05, 0.1) is 12.8 Å². The third kappa shape index (κ3) is 2.14. The van der Waals surface area contributed by atoms with Gasteiger partial charge in [-0.15, -0.1) is 0 Å². The number of rotatable bonds is 2. The Hall–Kier alpha value is -2.60. The molecule has 6 nitrogen and oxygen atoms in total. The van der Waals surface area contributed by atoms with Crippen LogP contribution in [-0.2, 0) is 13.2 Å². The zero-order valence-electron chi connectivity index (χ0n) is 12.7. The van der Waals surface area contributed by atoms with Crippen molar-refractivity contribution in [3.63, 3.8) is 0 Å². The highest BCUT2D eigenvalue weighted by Crippen LogP contribution is 2.30. The molecule has 6 heteroatoms. The number of nitrogens with one attached hydrogen (secondary N) is 1. The molecule has 1 aliphatic heterocycles. The molecule has 3 heterocycles. The molecular weight excluding hydrogens is 294 g/mol. The first-order valence-corrected chi connectivity index (χ1v) is 7.61. The fourth-order valence-electron chi connectivity index (χ4n) is 3.29. The summed E-state index contributed by atoms with van der Waals surface area (Å²) in [4.78, 5) is 14.7. The van der Waals surface area contributed by atoms with Gasteiger partial charge in [-0.3, -0.25) is 9.89 Å². The molecule has 1 aliphatic rings. The Balaban J connectivity index is 1.73. The lowest BCUT2D eigenvalue weighted by molar-refractivity contribution is 0.0686. The van der Waals surface area contributed by atoms with Crippen LogP contribution in [-0.4, -0.2) is 32.7 Å². The molecule has 118 valence electrons. The molecule has 23 heavy (non-hydrogen) atoms. The maximum atomic E-state index is 12.9. The Morgan fingerprint density at radius 2 is 2.30 bits per heavy atom. The second-order valence-corrected chi connectivity index (χ2v) is 5.96. The number of furan rings is 1. The molecule has 0 saturated heterocycles. The van der Waals surface area contributed by atoms with Crippen molar-refractivity contribution in [1.82, 2.24) is 15.1 Å². The quantitative estimate of drug-likeness (QED) is 0.761. The van der Waals surface area contributed by atoms with E-state index in [1.165, 1.54) is 0 Å². The number of aromatic nitrogens is 2. The Labute approximate surface area is 132 Å². The average molecular weight is 311 g/mol. The molecule has 1 aromatic carbocycles. The summed E-state index contributed by atoms with van der Waals surface area (Å²) in [6, 6.07) is 7.38. The van der Waals surface area contributed by atoms with E-state index < -0.39 is 0 Å². The van der Waals surface area contributed by atoms with Gasteiger partial charge in [-0.05, 0) is 6.07 Å². The lowest BCUT2D eigenvalue weighted by Crippen LogP contribution is -2.37. The molecule has 0 radical (unpaired) electrons. The van der Waals surface area contributed by atoms with Crippen LogP contribution in [0.3, 0.4) is 0 Å². The van der Waals surface area contributed by atoms with E-state index in [1.807, 2.05) is 18.2 Å². The van der Waals surface area contributed by atoms with Crippen LogP contribution < -0.4 is 0 Å². The standard InChI is InChI=1S/C17H17N3O3/c1-10-7-20(8-11-6-18-19-15(10)11)17(22)16-13(9-21)12-4-2-3-5-14(12)23-16/h2-6,10,21H,7-9H2,1H3,(H,18,19). The summed E-state index contributed by atoms with van der Waals surface area (Å²) < 4.78 is 5.74. The van der Waals surface area contributed by atoms with Crippen molar-refractivity contribution in [1.29, 1.82) is 0 Å². The van der Waals surface area contributed by atoms with Crippen LogP contribution in [0.4, 0.5) is 0 Å². The van der Waals surface area contributed by atoms with Crippen molar-refractivity contribution < 1.29 is 14.3 Å². The third-order valence-corrected chi connectivity index (χ3v) is 4.44. The minimum Gasteiger partial charge on any atom is -0.451 e. The highest BCUT2D eigenvalue weighted by atomic mass is 16.3. The summed E-state index contributed by atoms with van der Waals surface area (Å²) in [5.74, 6) is 0.226. The predicted molar refractivity (Wildman–Crippen MR) is 83.9 cm³/mol. The van der Waals surface area contributed by atoms with E-state index in [2.05, 4.69) is 17.1 Å². The number of aliphatic hydroxyl groups is 1. The van der Waals surface area contributed by atoms with Gasteiger partial charge < -0.3 is 14.4 Å². The summed E-state index contributed by atoms with van der Waals surface area (Å²) in [6.07, 6.45) is 1.76. The number of aliphatic hydroxyl groups excluding tert-OH is 1. The Morgan fingerprint density at radius 1 is 1.48 bits per heavy atom. The molecule has 4 rings (SSSR count). The molecule has 1 atom stereocenters. The second-order valence-electron chi connectivity index (χ2n) is 5.96. The first-order valence-electron chi connectivity index (χ1n) is 7.61. The van der Waals surface area contributed by atoms with Crippen LogP contribution in [0.2, 0.25) is 0 Å². The van der Waals surface area contributed by atoms with Crippen LogP contribution in [0.1, 0.15) is 40.2 Å². The summed E-state index contributed by atoms with van der Waals surface area (Å²) in [7, 11) is 0. The van der Waals surface area contributed by atoms with Gasteiger partial charge in [0.2, 0.25) is 0 Å². The summed E-state index contributed by atoms with van der Waals surface area (Å²) in [5.41, 5.74) is 3.28. The van der Waals surface area contributed by atoms with Gasteiger partial charge in [-0.1, -0.05) is 25.1 Å². The van der Waals surface area contributed by atoms with E-state index in [1.54, 1.807) is 17.2 Å². The number of H-pyrrole nitrogens is 1.